The van der Waals surface area contributed by atoms with Gasteiger partial charge in [-0.05, 0) is 62.4 Å². The van der Waals surface area contributed by atoms with E-state index in [4.69, 9.17) is 4.74 Å². The molecule has 0 fully saturated rings. The largest absolute Gasteiger partial charge is 0.497 e. The van der Waals surface area contributed by atoms with E-state index in [1.807, 2.05) is 42.8 Å². The number of rotatable bonds is 8. The third-order valence-electron chi connectivity index (χ3n) is 5.45. The molecule has 4 aromatic rings. The van der Waals surface area contributed by atoms with E-state index >= 15 is 0 Å². The fourth-order valence-electron chi connectivity index (χ4n) is 3.35. The first-order valence-electron chi connectivity index (χ1n) is 10.8. The Kier molecular flexibility index (Phi) is 6.72. The summed E-state index contributed by atoms with van der Waals surface area (Å²) in [6.45, 7) is 3.93. The van der Waals surface area contributed by atoms with Crippen LogP contribution in [0.2, 0.25) is 0 Å². The molecule has 35 heavy (non-hydrogen) atoms. The van der Waals surface area contributed by atoms with E-state index in [9.17, 15) is 8.42 Å². The predicted octanol–water partition coefficient (Wildman–Crippen LogP) is 4.03. The molecule has 2 aromatic carbocycles. The van der Waals surface area contributed by atoms with Gasteiger partial charge < -0.3 is 15.4 Å². The maximum absolute atomic E-state index is 12.5. The van der Waals surface area contributed by atoms with Crippen LogP contribution in [-0.4, -0.2) is 53.7 Å². The first kappa shape index (κ1) is 24.2. The Balaban J connectivity index is 1.61. The van der Waals surface area contributed by atoms with E-state index in [0.717, 1.165) is 28.5 Å². The summed E-state index contributed by atoms with van der Waals surface area (Å²) in [5, 5.41) is 11.1. The Labute approximate surface area is 204 Å². The van der Waals surface area contributed by atoms with Crippen LogP contribution in [0.1, 0.15) is 11.3 Å². The summed E-state index contributed by atoms with van der Waals surface area (Å²) in [5.74, 6) is 2.41. The highest BCUT2D eigenvalue weighted by Gasteiger charge is 2.18. The van der Waals surface area contributed by atoms with Crippen LogP contribution in [0.15, 0.2) is 65.7 Å². The van der Waals surface area contributed by atoms with Crippen LogP contribution in [0.4, 0.5) is 23.3 Å². The van der Waals surface area contributed by atoms with Gasteiger partial charge in [-0.15, -0.1) is 0 Å². The number of benzene rings is 2. The number of nitrogens with one attached hydrogen (secondary N) is 2. The summed E-state index contributed by atoms with van der Waals surface area (Å²) in [4.78, 5) is 9.00. The molecule has 0 radical (unpaired) electrons. The van der Waals surface area contributed by atoms with Gasteiger partial charge in [0.2, 0.25) is 16.0 Å². The quantitative estimate of drug-likeness (QED) is 0.378. The van der Waals surface area contributed by atoms with E-state index in [-0.39, 0.29) is 4.90 Å². The second-order valence-corrected chi connectivity index (χ2v) is 10.2. The molecular formula is C24H27N7O3S. The number of hydrogen-bond acceptors (Lipinski definition) is 8. The molecule has 0 aliphatic rings. The van der Waals surface area contributed by atoms with E-state index in [1.165, 1.54) is 18.4 Å². The fourth-order valence-corrected chi connectivity index (χ4v) is 4.29. The minimum atomic E-state index is -3.56. The molecule has 0 saturated carbocycles. The highest BCUT2D eigenvalue weighted by atomic mass is 32.2. The third-order valence-corrected chi connectivity index (χ3v) is 7.26. The predicted molar refractivity (Wildman–Crippen MR) is 136 cm³/mol. The van der Waals surface area contributed by atoms with Gasteiger partial charge in [-0.25, -0.2) is 22.4 Å². The number of nitrogens with zero attached hydrogens (tertiary/aromatic N) is 5. The first-order chi connectivity index (χ1) is 16.7. The average Bonchev–Trinajstić information content (AvgIpc) is 3.13. The highest BCUT2D eigenvalue weighted by molar-refractivity contribution is 7.89. The summed E-state index contributed by atoms with van der Waals surface area (Å²) < 4.78 is 33.1. The third kappa shape index (κ3) is 5.10. The van der Waals surface area contributed by atoms with E-state index < -0.39 is 10.0 Å². The molecule has 2 aromatic heterocycles. The number of ether oxygens (including phenoxy) is 1. The minimum absolute atomic E-state index is 0.177. The Hall–Kier alpha value is -3.96. The van der Waals surface area contributed by atoms with Crippen LogP contribution in [0, 0.1) is 13.8 Å². The lowest BCUT2D eigenvalue weighted by molar-refractivity contribution is 0.414. The van der Waals surface area contributed by atoms with Gasteiger partial charge in [0.05, 0.1) is 23.4 Å². The normalized spacial score (nSPS) is 11.5. The number of sulfonamides is 1. The Morgan fingerprint density at radius 2 is 1.74 bits per heavy atom. The van der Waals surface area contributed by atoms with E-state index in [2.05, 4.69) is 25.7 Å². The molecule has 0 aliphatic carbocycles. The topological polar surface area (TPSA) is 114 Å². The van der Waals surface area contributed by atoms with Crippen molar-refractivity contribution >= 4 is 33.3 Å². The first-order valence-corrected chi connectivity index (χ1v) is 12.2. The van der Waals surface area contributed by atoms with Crippen molar-refractivity contribution in [1.29, 1.82) is 0 Å². The summed E-state index contributed by atoms with van der Waals surface area (Å²) in [6.07, 6.45) is 1.62. The van der Waals surface area contributed by atoms with Crippen molar-refractivity contribution in [2.24, 2.45) is 0 Å². The Bertz CT molecular complexity index is 1450. The monoisotopic (exact) mass is 493 g/mol. The molecule has 0 aliphatic heterocycles. The summed E-state index contributed by atoms with van der Waals surface area (Å²) in [7, 11) is 1.06. The van der Waals surface area contributed by atoms with Gasteiger partial charge >= 0.3 is 0 Å². The van der Waals surface area contributed by atoms with Crippen LogP contribution in [-0.2, 0) is 10.0 Å². The molecule has 0 unspecified atom stereocenters. The molecule has 0 atom stereocenters. The van der Waals surface area contributed by atoms with Crippen LogP contribution < -0.4 is 15.4 Å². The van der Waals surface area contributed by atoms with Gasteiger partial charge in [0.1, 0.15) is 17.4 Å². The standard InChI is InChI=1S/C24H27N7O3S/c1-16-17(2)29-31(19-9-11-20(34-5)12-10-19)23(16)27-22-13-14-25-24(28-22)26-18-7-6-8-21(15-18)35(32,33)30(3)4/h6-15H,1-5H3,(H2,25,26,27,28). The van der Waals surface area contributed by atoms with E-state index in [0.29, 0.717) is 17.5 Å². The SMILES string of the molecule is COc1ccc(-n2nc(C)c(C)c2Nc2ccnc(Nc3cccc(S(=O)(=O)N(C)C)c3)n2)cc1. The van der Waals surface area contributed by atoms with Crippen molar-refractivity contribution in [3.05, 3.63) is 72.1 Å². The van der Waals surface area contributed by atoms with Crippen molar-refractivity contribution in [3.8, 4) is 11.4 Å². The molecular weight excluding hydrogens is 466 g/mol. The molecule has 0 amide bonds. The van der Waals surface area contributed by atoms with Crippen LogP contribution in [0.25, 0.3) is 5.69 Å². The van der Waals surface area contributed by atoms with E-state index in [1.54, 1.807) is 43.6 Å². The van der Waals surface area contributed by atoms with Crippen molar-refractivity contribution in [3.63, 3.8) is 0 Å². The summed E-state index contributed by atoms with van der Waals surface area (Å²) in [5.41, 5.74) is 3.29. The van der Waals surface area contributed by atoms with Gasteiger partial charge in [-0.3, -0.25) is 0 Å². The Morgan fingerprint density at radius 1 is 1.00 bits per heavy atom. The molecule has 4 rings (SSSR count). The summed E-state index contributed by atoms with van der Waals surface area (Å²) >= 11 is 0. The minimum Gasteiger partial charge on any atom is -0.497 e. The van der Waals surface area contributed by atoms with Crippen molar-refractivity contribution < 1.29 is 13.2 Å². The van der Waals surface area contributed by atoms with Crippen LogP contribution >= 0.6 is 0 Å². The lowest BCUT2D eigenvalue weighted by Gasteiger charge is -2.13. The van der Waals surface area contributed by atoms with Crippen molar-refractivity contribution in [2.45, 2.75) is 18.7 Å². The molecule has 0 bridgehead atoms. The van der Waals surface area contributed by atoms with Gasteiger partial charge in [0.25, 0.3) is 0 Å². The second kappa shape index (κ2) is 9.72. The van der Waals surface area contributed by atoms with Gasteiger partial charge in [-0.2, -0.15) is 10.1 Å². The molecule has 11 heteroatoms. The Morgan fingerprint density at radius 3 is 2.43 bits per heavy atom. The maximum atomic E-state index is 12.5. The number of aromatic nitrogens is 4. The average molecular weight is 494 g/mol. The molecule has 0 saturated heterocycles. The second-order valence-electron chi connectivity index (χ2n) is 8.00. The van der Waals surface area contributed by atoms with Gasteiger partial charge in [0, 0.05) is 31.5 Å². The zero-order chi connectivity index (χ0) is 25.2. The lowest BCUT2D eigenvalue weighted by Crippen LogP contribution is -2.22. The lowest BCUT2D eigenvalue weighted by atomic mass is 10.2. The smallest absolute Gasteiger partial charge is 0.242 e. The van der Waals surface area contributed by atoms with Gasteiger partial charge in [-0.1, -0.05) is 6.07 Å². The zero-order valence-electron chi connectivity index (χ0n) is 20.1. The molecule has 10 nitrogen and oxygen atoms in total. The maximum Gasteiger partial charge on any atom is 0.242 e. The molecule has 2 heterocycles. The van der Waals surface area contributed by atoms with Crippen LogP contribution in [0.3, 0.4) is 0 Å². The van der Waals surface area contributed by atoms with Crippen molar-refractivity contribution in [1.82, 2.24) is 24.1 Å². The van der Waals surface area contributed by atoms with Crippen LogP contribution in [0.5, 0.6) is 5.75 Å². The number of anilines is 4. The zero-order valence-corrected chi connectivity index (χ0v) is 21.0. The number of methoxy groups -OCH3 is 1. The molecule has 0 spiro atoms. The molecule has 182 valence electrons. The highest BCUT2D eigenvalue weighted by Crippen LogP contribution is 2.27. The number of hydrogen-bond donors (Lipinski definition) is 2. The fraction of sp³-hybridized carbons (Fsp3) is 0.208. The molecule has 2 N–H and O–H groups in total. The summed E-state index contributed by atoms with van der Waals surface area (Å²) in [6, 6.07) is 15.9. The van der Waals surface area contributed by atoms with Gasteiger partial charge in [0.15, 0.2) is 0 Å². The van der Waals surface area contributed by atoms with Crippen molar-refractivity contribution in [2.75, 3.05) is 31.8 Å². The number of aryl methyl sites for hydroxylation is 1.